The van der Waals surface area contributed by atoms with Crippen molar-refractivity contribution < 1.29 is 4.39 Å². The number of rotatable bonds is 1. The normalized spacial score (nSPS) is 9.93. The molecule has 0 saturated carbocycles. The van der Waals surface area contributed by atoms with Crippen LogP contribution in [0.1, 0.15) is 5.56 Å². The summed E-state index contributed by atoms with van der Waals surface area (Å²) in [6.07, 6.45) is 3.07. The molecule has 1 N–H and O–H groups in total. The number of nitriles is 1. The van der Waals surface area contributed by atoms with E-state index in [-0.39, 0.29) is 5.56 Å². The Morgan fingerprint density at radius 1 is 1.33 bits per heavy atom. The fourth-order valence-corrected chi connectivity index (χ4v) is 1.68. The summed E-state index contributed by atoms with van der Waals surface area (Å²) in [6.45, 7) is 0. The Balaban J connectivity index is 2.70. The summed E-state index contributed by atoms with van der Waals surface area (Å²) in [5, 5.41) is 9.11. The number of nitrogens with one attached hydrogen (secondary N) is 1. The summed E-state index contributed by atoms with van der Waals surface area (Å²) in [5.41, 5.74) is 1.12. The van der Waals surface area contributed by atoms with Crippen LogP contribution in [-0.4, -0.2) is 4.98 Å². The highest BCUT2D eigenvalue weighted by Gasteiger charge is 2.13. The zero-order valence-corrected chi connectivity index (χ0v) is 8.35. The number of hydrogen-bond acceptors (Lipinski definition) is 1. The number of nitrogens with zero attached hydrogens (tertiary/aromatic N) is 1. The van der Waals surface area contributed by atoms with Crippen LogP contribution in [-0.2, 0) is 0 Å². The Labute approximate surface area is 90.9 Å². The predicted molar refractivity (Wildman–Crippen MR) is 55.9 cm³/mol. The third-order valence-corrected chi connectivity index (χ3v) is 2.41. The number of hydrogen-bond donors (Lipinski definition) is 1. The Morgan fingerprint density at radius 3 is 2.80 bits per heavy atom. The molecule has 2 nitrogen and oxygen atoms in total. The molecule has 15 heavy (non-hydrogen) atoms. The first kappa shape index (κ1) is 9.75. The van der Waals surface area contributed by atoms with Crippen molar-refractivity contribution in [3.05, 3.63) is 47.0 Å². The van der Waals surface area contributed by atoms with Gasteiger partial charge in [0, 0.05) is 23.5 Å². The van der Waals surface area contributed by atoms with Crippen LogP contribution in [0.5, 0.6) is 0 Å². The molecular formula is C11H6ClFN2. The van der Waals surface area contributed by atoms with Gasteiger partial charge in [0.1, 0.15) is 11.9 Å². The molecule has 0 aliphatic carbocycles. The number of benzene rings is 1. The number of halogens is 2. The molecule has 0 fully saturated rings. The molecule has 0 saturated heterocycles. The lowest BCUT2D eigenvalue weighted by Gasteiger charge is -2.03. The number of aromatic nitrogens is 1. The van der Waals surface area contributed by atoms with Gasteiger partial charge in [-0.25, -0.2) is 4.39 Å². The summed E-state index contributed by atoms with van der Waals surface area (Å²) < 4.78 is 13.5. The average molecular weight is 221 g/mol. The molecular weight excluding hydrogens is 215 g/mol. The minimum absolute atomic E-state index is 0.261. The first-order valence-corrected chi connectivity index (χ1v) is 4.63. The van der Waals surface area contributed by atoms with E-state index in [4.69, 9.17) is 16.9 Å². The molecule has 0 atom stereocenters. The second kappa shape index (κ2) is 3.76. The van der Waals surface area contributed by atoms with Crippen LogP contribution in [0.2, 0.25) is 5.02 Å². The quantitative estimate of drug-likeness (QED) is 0.787. The van der Waals surface area contributed by atoms with E-state index in [0.29, 0.717) is 16.1 Å². The maximum absolute atomic E-state index is 13.5. The Hall–Kier alpha value is -1.79. The zero-order chi connectivity index (χ0) is 10.8. The van der Waals surface area contributed by atoms with Crippen molar-refractivity contribution in [2.45, 2.75) is 0 Å². The smallest absolute Gasteiger partial charge is 0.132 e. The number of aromatic amines is 1. The van der Waals surface area contributed by atoms with Crippen molar-refractivity contribution in [3.63, 3.8) is 0 Å². The van der Waals surface area contributed by atoms with E-state index in [0.717, 1.165) is 0 Å². The summed E-state index contributed by atoms with van der Waals surface area (Å²) in [6, 6.07) is 6.41. The van der Waals surface area contributed by atoms with Gasteiger partial charge in [-0.15, -0.1) is 0 Å². The van der Waals surface area contributed by atoms with Crippen LogP contribution in [0.4, 0.5) is 4.39 Å². The van der Waals surface area contributed by atoms with Crippen LogP contribution >= 0.6 is 11.6 Å². The van der Waals surface area contributed by atoms with Gasteiger partial charge in [0.05, 0.1) is 10.6 Å². The Morgan fingerprint density at radius 2 is 2.13 bits per heavy atom. The van der Waals surface area contributed by atoms with E-state index in [1.54, 1.807) is 12.3 Å². The first-order chi connectivity index (χ1) is 7.24. The molecule has 2 aromatic rings. The molecule has 4 heteroatoms. The first-order valence-electron chi connectivity index (χ1n) is 4.25. The van der Waals surface area contributed by atoms with E-state index < -0.39 is 5.82 Å². The fraction of sp³-hybridized carbons (Fsp3) is 0. The molecule has 1 aromatic carbocycles. The van der Waals surface area contributed by atoms with Gasteiger partial charge >= 0.3 is 0 Å². The topological polar surface area (TPSA) is 39.6 Å². The van der Waals surface area contributed by atoms with E-state index in [9.17, 15) is 4.39 Å². The van der Waals surface area contributed by atoms with Crippen molar-refractivity contribution >= 4 is 11.6 Å². The minimum atomic E-state index is -0.432. The fourth-order valence-electron chi connectivity index (χ4n) is 1.42. The van der Waals surface area contributed by atoms with Crippen molar-refractivity contribution in [2.75, 3.05) is 0 Å². The molecule has 0 radical (unpaired) electrons. The second-order valence-corrected chi connectivity index (χ2v) is 3.40. The maximum Gasteiger partial charge on any atom is 0.132 e. The molecule has 1 aromatic heterocycles. The van der Waals surface area contributed by atoms with E-state index >= 15 is 0 Å². The van der Waals surface area contributed by atoms with Gasteiger partial charge in [-0.05, 0) is 12.1 Å². The van der Waals surface area contributed by atoms with E-state index in [1.165, 1.54) is 18.3 Å². The predicted octanol–water partition coefficient (Wildman–Crippen LogP) is 3.35. The molecule has 74 valence electrons. The van der Waals surface area contributed by atoms with Gasteiger partial charge < -0.3 is 4.98 Å². The van der Waals surface area contributed by atoms with Crippen molar-refractivity contribution in [2.24, 2.45) is 0 Å². The third-order valence-electron chi connectivity index (χ3n) is 2.10. The monoisotopic (exact) mass is 220 g/mol. The van der Waals surface area contributed by atoms with Crippen LogP contribution in [0.15, 0.2) is 30.6 Å². The lowest BCUT2D eigenvalue weighted by atomic mass is 10.0. The van der Waals surface area contributed by atoms with Crippen LogP contribution in [0.25, 0.3) is 11.1 Å². The number of H-pyrrole nitrogens is 1. The Bertz CT molecular complexity index is 520. The van der Waals surface area contributed by atoms with Crippen molar-refractivity contribution in [3.8, 4) is 17.2 Å². The molecule has 0 spiro atoms. The summed E-state index contributed by atoms with van der Waals surface area (Å²) in [7, 11) is 0. The third kappa shape index (κ3) is 1.60. The summed E-state index contributed by atoms with van der Waals surface area (Å²) in [4.78, 5) is 2.75. The standard InChI is InChI=1S/C11H6ClFN2/c12-9-2-1-3-10(13)11(9)8-6-15-5-7(8)4-14/h1-3,5-6,15H. The highest BCUT2D eigenvalue weighted by Crippen LogP contribution is 2.32. The Kier molecular flexibility index (Phi) is 2.44. The largest absolute Gasteiger partial charge is 0.366 e. The minimum Gasteiger partial charge on any atom is -0.366 e. The van der Waals surface area contributed by atoms with Crippen molar-refractivity contribution in [1.82, 2.24) is 4.98 Å². The summed E-state index contributed by atoms with van der Waals surface area (Å²) >= 11 is 5.89. The van der Waals surface area contributed by atoms with Gasteiger partial charge in [0.25, 0.3) is 0 Å². The SMILES string of the molecule is N#Cc1c[nH]cc1-c1c(F)cccc1Cl. The molecule has 1 heterocycles. The molecule has 0 amide bonds. The van der Waals surface area contributed by atoms with Crippen molar-refractivity contribution in [1.29, 1.82) is 5.26 Å². The highest BCUT2D eigenvalue weighted by molar-refractivity contribution is 6.33. The molecule has 0 aliphatic rings. The summed E-state index contributed by atoms with van der Waals surface area (Å²) in [5.74, 6) is -0.432. The molecule has 0 unspecified atom stereocenters. The zero-order valence-electron chi connectivity index (χ0n) is 7.59. The molecule has 0 aliphatic heterocycles. The second-order valence-electron chi connectivity index (χ2n) is 2.99. The van der Waals surface area contributed by atoms with Crippen LogP contribution < -0.4 is 0 Å². The van der Waals surface area contributed by atoms with Gasteiger partial charge in [0.15, 0.2) is 0 Å². The van der Waals surface area contributed by atoms with E-state index in [2.05, 4.69) is 4.98 Å². The average Bonchev–Trinajstić information content (AvgIpc) is 2.65. The van der Waals surface area contributed by atoms with Gasteiger partial charge in [-0.2, -0.15) is 5.26 Å². The lowest BCUT2D eigenvalue weighted by molar-refractivity contribution is 0.631. The molecule has 2 rings (SSSR count). The van der Waals surface area contributed by atoms with Gasteiger partial charge in [-0.1, -0.05) is 17.7 Å². The van der Waals surface area contributed by atoms with E-state index in [1.807, 2.05) is 6.07 Å². The van der Waals surface area contributed by atoms with Crippen LogP contribution in [0.3, 0.4) is 0 Å². The van der Waals surface area contributed by atoms with Gasteiger partial charge in [0.2, 0.25) is 0 Å². The van der Waals surface area contributed by atoms with Gasteiger partial charge in [-0.3, -0.25) is 0 Å². The molecule has 0 bridgehead atoms. The van der Waals surface area contributed by atoms with Crippen LogP contribution in [0, 0.1) is 17.1 Å². The highest BCUT2D eigenvalue weighted by atomic mass is 35.5. The maximum atomic E-state index is 13.5. The lowest BCUT2D eigenvalue weighted by Crippen LogP contribution is -1.85.